The van der Waals surface area contributed by atoms with E-state index in [1.807, 2.05) is 30.3 Å². The molecule has 0 aliphatic rings. The van der Waals surface area contributed by atoms with Gasteiger partial charge in [0.2, 0.25) is 0 Å². The monoisotopic (exact) mass is 153 g/mol. The fraction of sp³-hybridized carbons (Fsp3) is 0. The zero-order valence-corrected chi connectivity index (χ0v) is 6.49. The summed E-state index contributed by atoms with van der Waals surface area (Å²) in [6, 6.07) is 14.7. The molecule has 0 unspecified atom stereocenters. The molecule has 12 heavy (non-hydrogen) atoms. The summed E-state index contributed by atoms with van der Waals surface area (Å²) in [4.78, 5) is 3.92. The Bertz CT molecular complexity index is 302. The molecule has 0 saturated carbocycles. The van der Waals surface area contributed by atoms with Gasteiger partial charge >= 0.3 is 0 Å². The van der Waals surface area contributed by atoms with Crippen molar-refractivity contribution < 1.29 is 0 Å². The van der Waals surface area contributed by atoms with Gasteiger partial charge in [0.05, 0.1) is 6.20 Å². The first-order valence-electron chi connectivity index (χ1n) is 3.76. The Labute approximate surface area is 71.7 Å². The van der Waals surface area contributed by atoms with Crippen molar-refractivity contribution in [3.05, 3.63) is 54.9 Å². The van der Waals surface area contributed by atoms with E-state index >= 15 is 0 Å². The first kappa shape index (κ1) is 7.04. The number of nitrogens with zero attached hydrogens (tertiary/aromatic N) is 1. The Morgan fingerprint density at radius 1 is 1.08 bits per heavy atom. The zero-order valence-electron chi connectivity index (χ0n) is 6.49. The molecule has 2 radical (unpaired) electrons. The van der Waals surface area contributed by atoms with E-state index in [1.165, 1.54) is 0 Å². The molecule has 0 N–H and O–H groups in total. The van der Waals surface area contributed by atoms with Crippen LogP contribution in [0.4, 0.5) is 0 Å². The molecule has 56 valence electrons. The van der Waals surface area contributed by atoms with Gasteiger partial charge in [-0.2, -0.15) is 0 Å². The second-order valence-electron chi connectivity index (χ2n) is 2.45. The Morgan fingerprint density at radius 3 is 2.75 bits per heavy atom. The van der Waals surface area contributed by atoms with Crippen LogP contribution >= 0.6 is 0 Å². The highest BCUT2D eigenvalue weighted by atomic mass is 14.6. The van der Waals surface area contributed by atoms with Crippen molar-refractivity contribution in [3.63, 3.8) is 0 Å². The first-order chi connectivity index (χ1) is 5.97. The number of benzene rings is 1. The normalized spacial score (nSPS) is 9.67. The maximum atomic E-state index is 3.92. The van der Waals surface area contributed by atoms with Crippen LogP contribution in [0.5, 0.6) is 0 Å². The second kappa shape index (κ2) is 3.18. The van der Waals surface area contributed by atoms with E-state index in [-0.39, 0.29) is 0 Å². The van der Waals surface area contributed by atoms with Gasteiger partial charge in [-0.25, -0.2) is 0 Å². The van der Waals surface area contributed by atoms with E-state index < -0.39 is 0 Å². The average Bonchev–Trinajstić information content (AvgIpc) is 2.21. The van der Waals surface area contributed by atoms with Crippen LogP contribution in [-0.4, -0.2) is 4.98 Å². The lowest BCUT2D eigenvalue weighted by molar-refractivity contribution is 1.31. The maximum absolute atomic E-state index is 3.92. The summed E-state index contributed by atoms with van der Waals surface area (Å²) in [5.74, 6) is 0. The third-order valence-corrected chi connectivity index (χ3v) is 1.64. The van der Waals surface area contributed by atoms with Gasteiger partial charge in [-0.15, -0.1) is 0 Å². The van der Waals surface area contributed by atoms with Gasteiger partial charge in [0.1, 0.15) is 0 Å². The molecule has 1 heteroatoms. The fourth-order valence-corrected chi connectivity index (χ4v) is 1.05. The van der Waals surface area contributed by atoms with Crippen molar-refractivity contribution in [1.29, 1.82) is 0 Å². The molecular weight excluding hydrogens is 146 g/mol. The van der Waals surface area contributed by atoms with E-state index in [2.05, 4.69) is 17.2 Å². The van der Waals surface area contributed by atoms with Crippen molar-refractivity contribution in [1.82, 2.24) is 4.98 Å². The molecule has 0 fully saturated rings. The van der Waals surface area contributed by atoms with Crippen LogP contribution < -0.4 is 0 Å². The van der Waals surface area contributed by atoms with Crippen molar-refractivity contribution in [2.75, 3.05) is 0 Å². The number of rotatable bonds is 1. The highest BCUT2D eigenvalue weighted by Gasteiger charge is 1.93. The van der Waals surface area contributed by atoms with Gasteiger partial charge in [-0.05, 0) is 17.7 Å². The van der Waals surface area contributed by atoms with Gasteiger partial charge in [0, 0.05) is 11.8 Å². The Kier molecular flexibility index (Phi) is 1.87. The molecule has 1 heterocycles. The van der Waals surface area contributed by atoms with Gasteiger partial charge in [0.15, 0.2) is 0 Å². The molecular formula is C11H7N. The lowest BCUT2D eigenvalue weighted by Crippen LogP contribution is -1.77. The molecule has 2 aromatic rings. The van der Waals surface area contributed by atoms with E-state index in [0.717, 1.165) is 11.1 Å². The van der Waals surface area contributed by atoms with Crippen molar-refractivity contribution in [2.24, 2.45) is 0 Å². The number of pyridine rings is 1. The highest BCUT2D eigenvalue weighted by molar-refractivity contribution is 5.60. The molecule has 0 aliphatic carbocycles. The van der Waals surface area contributed by atoms with Crippen LogP contribution in [0, 0.1) is 12.3 Å². The summed E-state index contributed by atoms with van der Waals surface area (Å²) >= 11 is 0. The van der Waals surface area contributed by atoms with E-state index in [9.17, 15) is 0 Å². The van der Waals surface area contributed by atoms with Crippen LogP contribution in [0.3, 0.4) is 0 Å². The Morgan fingerprint density at radius 2 is 2.08 bits per heavy atom. The zero-order chi connectivity index (χ0) is 8.23. The molecule has 0 amide bonds. The summed E-state index contributed by atoms with van der Waals surface area (Å²) in [6.07, 6.45) is 4.52. The highest BCUT2D eigenvalue weighted by Crippen LogP contribution is 2.15. The summed E-state index contributed by atoms with van der Waals surface area (Å²) in [7, 11) is 0. The van der Waals surface area contributed by atoms with Crippen LogP contribution in [0.2, 0.25) is 0 Å². The summed E-state index contributed by atoms with van der Waals surface area (Å²) in [5.41, 5.74) is 2.15. The predicted molar refractivity (Wildman–Crippen MR) is 47.3 cm³/mol. The topological polar surface area (TPSA) is 12.9 Å². The van der Waals surface area contributed by atoms with Gasteiger partial charge in [-0.1, -0.05) is 30.3 Å². The minimum absolute atomic E-state index is 1.07. The Hall–Kier alpha value is -1.63. The average molecular weight is 153 g/mol. The minimum Gasteiger partial charge on any atom is -0.254 e. The van der Waals surface area contributed by atoms with Crippen molar-refractivity contribution in [3.8, 4) is 11.1 Å². The molecule has 0 atom stereocenters. The number of hydrogen-bond acceptors (Lipinski definition) is 1. The van der Waals surface area contributed by atoms with E-state index in [4.69, 9.17) is 0 Å². The smallest absolute Gasteiger partial charge is 0.0886 e. The molecule has 0 spiro atoms. The van der Waals surface area contributed by atoms with Gasteiger partial charge in [0.25, 0.3) is 0 Å². The molecule has 0 saturated heterocycles. The Balaban J connectivity index is 2.46. The third-order valence-electron chi connectivity index (χ3n) is 1.64. The first-order valence-corrected chi connectivity index (χ1v) is 3.76. The molecule has 0 bridgehead atoms. The molecule has 1 nitrogen and oxygen atoms in total. The summed E-state index contributed by atoms with van der Waals surface area (Å²) in [5, 5.41) is 0. The van der Waals surface area contributed by atoms with Crippen LogP contribution in [-0.2, 0) is 0 Å². The molecule has 1 aromatic carbocycles. The lowest BCUT2D eigenvalue weighted by atomic mass is 10.1. The quantitative estimate of drug-likeness (QED) is 0.612. The summed E-state index contributed by atoms with van der Waals surface area (Å²) in [6.45, 7) is 0. The summed E-state index contributed by atoms with van der Waals surface area (Å²) < 4.78 is 0. The van der Waals surface area contributed by atoms with Gasteiger partial charge < -0.3 is 0 Å². The molecule has 0 aliphatic heterocycles. The number of aromatic nitrogens is 1. The fourth-order valence-electron chi connectivity index (χ4n) is 1.05. The van der Waals surface area contributed by atoms with Crippen LogP contribution in [0.1, 0.15) is 0 Å². The molecule has 1 aromatic heterocycles. The minimum atomic E-state index is 1.07. The van der Waals surface area contributed by atoms with Crippen molar-refractivity contribution >= 4 is 0 Å². The standard InChI is InChI=1S/C11H7N/c1-2-5-10(6-3-1)11-7-4-8-12-9-11/h1-5,7,9H. The predicted octanol–water partition coefficient (Wildman–Crippen LogP) is 2.35. The second-order valence-corrected chi connectivity index (χ2v) is 2.45. The van der Waals surface area contributed by atoms with E-state index in [1.54, 1.807) is 12.3 Å². The molecule has 2 rings (SSSR count). The van der Waals surface area contributed by atoms with Crippen LogP contribution in [0.25, 0.3) is 11.1 Å². The largest absolute Gasteiger partial charge is 0.254 e. The SMILES string of the molecule is [c]1ccc(-c2[c]cccc2)cn1. The lowest BCUT2D eigenvalue weighted by Gasteiger charge is -1.97. The van der Waals surface area contributed by atoms with Crippen molar-refractivity contribution in [2.45, 2.75) is 0 Å². The van der Waals surface area contributed by atoms with Gasteiger partial charge in [-0.3, -0.25) is 4.98 Å². The third kappa shape index (κ3) is 1.35. The maximum Gasteiger partial charge on any atom is 0.0886 e. The van der Waals surface area contributed by atoms with E-state index in [0.29, 0.717) is 0 Å². The van der Waals surface area contributed by atoms with Crippen LogP contribution in [0.15, 0.2) is 42.6 Å². The number of hydrogen-bond donors (Lipinski definition) is 0.